The highest BCUT2D eigenvalue weighted by Gasteiger charge is 2.33. The van der Waals surface area contributed by atoms with Crippen LogP contribution in [-0.4, -0.2) is 60.4 Å². The van der Waals surface area contributed by atoms with Crippen LogP contribution in [0.3, 0.4) is 0 Å². The van der Waals surface area contributed by atoms with Crippen LogP contribution in [0, 0.1) is 0 Å². The molecule has 0 aliphatic heterocycles. The fourth-order valence-electron chi connectivity index (χ4n) is 4.58. The number of hydrogen-bond donors (Lipinski definition) is 2. The minimum Gasteiger partial charge on any atom is -0.480 e. The first kappa shape index (κ1) is 34.9. The van der Waals surface area contributed by atoms with Gasteiger partial charge in [0.15, 0.2) is 12.2 Å². The summed E-state index contributed by atoms with van der Waals surface area (Å²) in [5.74, 6) is -3.54. The van der Waals surface area contributed by atoms with Crippen molar-refractivity contribution < 1.29 is 42.2 Å². The van der Waals surface area contributed by atoms with Crippen LogP contribution in [0.1, 0.15) is 79.6 Å². The Morgan fingerprint density at radius 3 is 2.02 bits per heavy atom. The van der Waals surface area contributed by atoms with E-state index in [1.807, 2.05) is 13.8 Å². The van der Waals surface area contributed by atoms with E-state index in [0.29, 0.717) is 35.1 Å². The zero-order chi connectivity index (χ0) is 33.0. The number of amides is 1. The Hall–Kier alpha value is -4.58. The molecule has 45 heavy (non-hydrogen) atoms. The van der Waals surface area contributed by atoms with Gasteiger partial charge in [0.25, 0.3) is 5.91 Å². The second kappa shape index (κ2) is 16.5. The molecule has 2 aromatic carbocycles. The molecule has 11 nitrogen and oxygen atoms in total. The summed E-state index contributed by atoms with van der Waals surface area (Å²) in [4.78, 5) is 55.2. The van der Waals surface area contributed by atoms with Gasteiger partial charge in [-0.15, -0.1) is 0 Å². The molecule has 240 valence electrons. The van der Waals surface area contributed by atoms with Crippen molar-refractivity contribution in [3.8, 4) is 11.1 Å². The van der Waals surface area contributed by atoms with E-state index in [-0.39, 0.29) is 24.8 Å². The molecule has 0 fully saturated rings. The standard InChI is InChI=1S/C33H38N2O9S/c1-4-10-28(36)43-30(31(44-29(37)11-5-2)24-14-9-18-34-21-24)23-15-16-25(26(20-23)22-12-7-6-8-13-22)32(38)35-27(33(39)40)17-19-45(3,41)42/h6-9,12-16,18,20-21,27,30-31H,4-5,10-11,17,19H2,1-3H3,(H,35,38)(H,39,40)/t27-,30?,31?/m0/s1. The fraction of sp³-hybridized carbons (Fsp3) is 0.364. The summed E-state index contributed by atoms with van der Waals surface area (Å²) in [7, 11) is -3.47. The van der Waals surface area contributed by atoms with E-state index in [2.05, 4.69) is 10.3 Å². The molecule has 0 aliphatic rings. The Morgan fingerprint density at radius 2 is 1.49 bits per heavy atom. The molecular weight excluding hydrogens is 600 g/mol. The van der Waals surface area contributed by atoms with Crippen molar-refractivity contribution in [3.05, 3.63) is 89.7 Å². The number of carbonyl (C=O) groups is 4. The van der Waals surface area contributed by atoms with Crippen LogP contribution in [0.2, 0.25) is 0 Å². The molecule has 2 unspecified atom stereocenters. The van der Waals surface area contributed by atoms with Crippen LogP contribution in [0.15, 0.2) is 73.1 Å². The Kier molecular flexibility index (Phi) is 12.8. The third-order valence-electron chi connectivity index (χ3n) is 6.80. The third-order valence-corrected chi connectivity index (χ3v) is 7.77. The number of esters is 2. The topological polar surface area (TPSA) is 166 Å². The van der Waals surface area contributed by atoms with Crippen molar-refractivity contribution in [1.82, 2.24) is 10.3 Å². The molecular formula is C33H38N2O9S. The smallest absolute Gasteiger partial charge is 0.326 e. The first-order valence-electron chi connectivity index (χ1n) is 14.6. The van der Waals surface area contributed by atoms with Crippen molar-refractivity contribution >= 4 is 33.7 Å². The number of hydrogen-bond acceptors (Lipinski definition) is 9. The average molecular weight is 639 g/mol. The average Bonchev–Trinajstić information content (AvgIpc) is 3.01. The lowest BCUT2D eigenvalue weighted by Gasteiger charge is -2.28. The predicted octanol–water partition coefficient (Wildman–Crippen LogP) is 4.84. The molecule has 0 aliphatic carbocycles. The summed E-state index contributed by atoms with van der Waals surface area (Å²) in [6, 6.07) is 15.4. The Labute approximate surface area is 262 Å². The second-order valence-corrected chi connectivity index (χ2v) is 12.8. The van der Waals surface area contributed by atoms with Gasteiger partial charge in [-0.2, -0.15) is 0 Å². The number of carboxylic acids is 1. The summed E-state index contributed by atoms with van der Waals surface area (Å²) in [6.45, 7) is 3.67. The molecule has 0 bridgehead atoms. The number of nitrogens with one attached hydrogen (secondary N) is 1. The fourth-order valence-corrected chi connectivity index (χ4v) is 5.25. The van der Waals surface area contributed by atoms with E-state index < -0.39 is 57.7 Å². The lowest BCUT2D eigenvalue weighted by Crippen LogP contribution is -2.42. The Morgan fingerprint density at radius 1 is 0.867 bits per heavy atom. The van der Waals surface area contributed by atoms with Gasteiger partial charge < -0.3 is 19.9 Å². The second-order valence-electron chi connectivity index (χ2n) is 10.6. The van der Waals surface area contributed by atoms with Gasteiger partial charge in [0.05, 0.1) is 5.75 Å². The molecule has 0 saturated carbocycles. The molecule has 0 saturated heterocycles. The molecule has 12 heteroatoms. The van der Waals surface area contributed by atoms with Gasteiger partial charge in [-0.1, -0.05) is 56.3 Å². The van der Waals surface area contributed by atoms with Crippen LogP contribution >= 0.6 is 0 Å². The van der Waals surface area contributed by atoms with Crippen molar-refractivity contribution in [1.29, 1.82) is 0 Å². The molecule has 3 atom stereocenters. The normalized spacial score (nSPS) is 13.2. The zero-order valence-electron chi connectivity index (χ0n) is 25.5. The van der Waals surface area contributed by atoms with E-state index >= 15 is 0 Å². The molecule has 3 aromatic rings. The first-order valence-corrected chi connectivity index (χ1v) is 16.7. The predicted molar refractivity (Wildman–Crippen MR) is 167 cm³/mol. The number of carboxylic acid groups (broad SMARTS) is 1. The number of rotatable bonds is 16. The number of pyridine rings is 1. The van der Waals surface area contributed by atoms with Gasteiger partial charge in [0.2, 0.25) is 0 Å². The van der Waals surface area contributed by atoms with Gasteiger partial charge in [0, 0.05) is 42.6 Å². The molecule has 1 amide bonds. The van der Waals surface area contributed by atoms with Crippen molar-refractivity contribution in [2.45, 2.75) is 64.2 Å². The van der Waals surface area contributed by atoms with Gasteiger partial charge in [0.1, 0.15) is 15.9 Å². The maximum atomic E-state index is 13.5. The van der Waals surface area contributed by atoms with Crippen LogP contribution < -0.4 is 5.32 Å². The number of sulfone groups is 1. The van der Waals surface area contributed by atoms with Crippen molar-refractivity contribution in [2.75, 3.05) is 12.0 Å². The number of ether oxygens (including phenoxy) is 2. The van der Waals surface area contributed by atoms with Crippen LogP contribution in [0.5, 0.6) is 0 Å². The van der Waals surface area contributed by atoms with Gasteiger partial charge in [-0.05, 0) is 54.2 Å². The first-order chi connectivity index (χ1) is 21.4. The van der Waals surface area contributed by atoms with Crippen LogP contribution in [0.4, 0.5) is 0 Å². The summed E-state index contributed by atoms with van der Waals surface area (Å²) < 4.78 is 35.1. The lowest BCUT2D eigenvalue weighted by atomic mass is 9.92. The van der Waals surface area contributed by atoms with E-state index in [0.717, 1.165) is 6.26 Å². The largest absolute Gasteiger partial charge is 0.480 e. The zero-order valence-corrected chi connectivity index (χ0v) is 26.3. The maximum Gasteiger partial charge on any atom is 0.326 e. The van der Waals surface area contributed by atoms with E-state index in [9.17, 15) is 32.7 Å². The van der Waals surface area contributed by atoms with Gasteiger partial charge in [-0.3, -0.25) is 19.4 Å². The highest BCUT2D eigenvalue weighted by molar-refractivity contribution is 7.90. The monoisotopic (exact) mass is 638 g/mol. The van der Waals surface area contributed by atoms with E-state index in [1.165, 1.54) is 12.3 Å². The number of aliphatic carboxylic acids is 1. The summed E-state index contributed by atoms with van der Waals surface area (Å²) >= 11 is 0. The number of nitrogens with zero attached hydrogens (tertiary/aromatic N) is 1. The summed E-state index contributed by atoms with van der Waals surface area (Å²) in [5, 5.41) is 12.1. The lowest BCUT2D eigenvalue weighted by molar-refractivity contribution is -0.170. The molecule has 1 heterocycles. The third kappa shape index (κ3) is 10.5. The highest BCUT2D eigenvalue weighted by Crippen LogP contribution is 2.38. The van der Waals surface area contributed by atoms with Crippen LogP contribution in [0.25, 0.3) is 11.1 Å². The van der Waals surface area contributed by atoms with Gasteiger partial charge >= 0.3 is 17.9 Å². The quantitative estimate of drug-likeness (QED) is 0.207. The highest BCUT2D eigenvalue weighted by atomic mass is 32.2. The SMILES string of the molecule is CCCC(=O)OC(c1cccnc1)C(OC(=O)CCC)c1ccc(C(=O)N[C@@H](CCS(C)(=O)=O)C(=O)O)c(-c2ccccc2)c1. The van der Waals surface area contributed by atoms with Crippen molar-refractivity contribution in [3.63, 3.8) is 0 Å². The van der Waals surface area contributed by atoms with Gasteiger partial charge in [-0.25, -0.2) is 13.2 Å². The molecule has 2 N–H and O–H groups in total. The summed E-state index contributed by atoms with van der Waals surface area (Å²) in [5.41, 5.74) is 2.01. The minimum absolute atomic E-state index is 0.107. The van der Waals surface area contributed by atoms with Crippen LogP contribution in [-0.2, 0) is 33.7 Å². The summed E-state index contributed by atoms with van der Waals surface area (Å²) in [6.07, 6.45) is 2.91. The molecule has 0 spiro atoms. The Balaban J connectivity index is 2.14. The molecule has 0 radical (unpaired) electrons. The Bertz CT molecular complexity index is 1580. The molecule has 3 rings (SSSR count). The molecule has 1 aromatic heterocycles. The van der Waals surface area contributed by atoms with Crippen molar-refractivity contribution in [2.24, 2.45) is 0 Å². The number of carbonyl (C=O) groups excluding carboxylic acids is 3. The number of aromatic nitrogens is 1. The minimum atomic E-state index is -3.47. The maximum absolute atomic E-state index is 13.5. The van der Waals surface area contributed by atoms with E-state index in [1.54, 1.807) is 60.8 Å². The number of benzene rings is 2. The van der Waals surface area contributed by atoms with E-state index in [4.69, 9.17) is 9.47 Å².